The highest BCUT2D eigenvalue weighted by Crippen LogP contribution is 2.02. The average Bonchev–Trinajstić information content (AvgIpc) is 2.50. The zero-order valence-corrected chi connectivity index (χ0v) is 14.1. The SMILES string of the molecule is CCN(CC)C(C)CNC(=NC)NCc1ccc(C)cc1. The second kappa shape index (κ2) is 9.40. The molecule has 0 radical (unpaired) electrons. The number of aryl methyl sites for hydroxylation is 1. The monoisotopic (exact) mass is 290 g/mol. The number of rotatable bonds is 7. The van der Waals surface area contributed by atoms with Crippen molar-refractivity contribution in [2.45, 2.75) is 40.3 Å². The van der Waals surface area contributed by atoms with Crippen molar-refractivity contribution in [3.05, 3.63) is 35.4 Å². The molecule has 2 N–H and O–H groups in total. The van der Waals surface area contributed by atoms with Crippen LogP contribution in [0.25, 0.3) is 0 Å². The van der Waals surface area contributed by atoms with Gasteiger partial charge >= 0.3 is 0 Å². The smallest absolute Gasteiger partial charge is 0.191 e. The van der Waals surface area contributed by atoms with E-state index in [-0.39, 0.29) is 0 Å². The van der Waals surface area contributed by atoms with Crippen LogP contribution < -0.4 is 10.6 Å². The molecule has 4 nitrogen and oxygen atoms in total. The predicted octanol–water partition coefficient (Wildman–Crippen LogP) is 2.39. The maximum atomic E-state index is 4.28. The molecule has 1 unspecified atom stereocenters. The third kappa shape index (κ3) is 6.17. The summed E-state index contributed by atoms with van der Waals surface area (Å²) in [5.41, 5.74) is 2.55. The highest BCUT2D eigenvalue weighted by Gasteiger charge is 2.10. The topological polar surface area (TPSA) is 39.7 Å². The Bertz CT molecular complexity index is 421. The quantitative estimate of drug-likeness (QED) is 0.598. The molecule has 0 spiro atoms. The summed E-state index contributed by atoms with van der Waals surface area (Å²) in [4.78, 5) is 6.71. The molecule has 0 aliphatic rings. The lowest BCUT2D eigenvalue weighted by atomic mass is 10.1. The van der Waals surface area contributed by atoms with Crippen molar-refractivity contribution >= 4 is 5.96 Å². The zero-order valence-electron chi connectivity index (χ0n) is 14.1. The summed E-state index contributed by atoms with van der Waals surface area (Å²) in [6, 6.07) is 9.06. The van der Waals surface area contributed by atoms with Crippen molar-refractivity contribution in [3.8, 4) is 0 Å². The van der Waals surface area contributed by atoms with Crippen LogP contribution in [-0.2, 0) is 6.54 Å². The van der Waals surface area contributed by atoms with Gasteiger partial charge in [0.25, 0.3) is 0 Å². The van der Waals surface area contributed by atoms with Gasteiger partial charge in [-0.1, -0.05) is 43.7 Å². The van der Waals surface area contributed by atoms with E-state index in [1.54, 1.807) is 0 Å². The Labute approximate surface area is 129 Å². The van der Waals surface area contributed by atoms with E-state index in [1.807, 2.05) is 7.05 Å². The standard InChI is InChI=1S/C17H30N4/c1-6-21(7-2)15(4)12-19-17(18-5)20-13-16-10-8-14(3)9-11-16/h8-11,15H,6-7,12-13H2,1-5H3,(H2,18,19,20). The van der Waals surface area contributed by atoms with Crippen LogP contribution in [-0.4, -0.2) is 43.6 Å². The molecule has 0 heterocycles. The second-order valence-corrected chi connectivity index (χ2v) is 5.36. The molecule has 1 rings (SSSR count). The maximum Gasteiger partial charge on any atom is 0.191 e. The van der Waals surface area contributed by atoms with Gasteiger partial charge in [0.1, 0.15) is 0 Å². The van der Waals surface area contributed by atoms with E-state index in [2.05, 4.69) is 72.5 Å². The van der Waals surface area contributed by atoms with Crippen molar-refractivity contribution in [2.75, 3.05) is 26.7 Å². The normalized spacial score (nSPS) is 13.3. The second-order valence-electron chi connectivity index (χ2n) is 5.36. The number of likely N-dealkylation sites (N-methyl/N-ethyl adjacent to an activating group) is 1. The van der Waals surface area contributed by atoms with Crippen LogP contribution in [0.2, 0.25) is 0 Å². The molecule has 0 saturated carbocycles. The van der Waals surface area contributed by atoms with Crippen molar-refractivity contribution < 1.29 is 0 Å². The molecular formula is C17H30N4. The van der Waals surface area contributed by atoms with Gasteiger partial charge in [-0.05, 0) is 32.5 Å². The van der Waals surface area contributed by atoms with Gasteiger partial charge in [-0.15, -0.1) is 0 Å². The van der Waals surface area contributed by atoms with E-state index in [9.17, 15) is 0 Å². The van der Waals surface area contributed by atoms with Crippen LogP contribution >= 0.6 is 0 Å². The number of guanidine groups is 1. The molecule has 0 saturated heterocycles. The van der Waals surface area contributed by atoms with E-state index in [1.165, 1.54) is 11.1 Å². The molecule has 0 bridgehead atoms. The third-order valence-corrected chi connectivity index (χ3v) is 3.80. The lowest BCUT2D eigenvalue weighted by Crippen LogP contribution is -2.45. The van der Waals surface area contributed by atoms with E-state index >= 15 is 0 Å². The Balaban J connectivity index is 2.40. The van der Waals surface area contributed by atoms with Gasteiger partial charge in [0, 0.05) is 26.2 Å². The van der Waals surface area contributed by atoms with Gasteiger partial charge in [-0.25, -0.2) is 0 Å². The van der Waals surface area contributed by atoms with Crippen molar-refractivity contribution in [2.24, 2.45) is 4.99 Å². The van der Waals surface area contributed by atoms with Gasteiger partial charge in [0.2, 0.25) is 0 Å². The Morgan fingerprint density at radius 3 is 2.29 bits per heavy atom. The molecule has 0 aromatic heterocycles. The molecule has 21 heavy (non-hydrogen) atoms. The molecule has 1 aromatic carbocycles. The van der Waals surface area contributed by atoms with Crippen molar-refractivity contribution in [3.63, 3.8) is 0 Å². The molecule has 0 amide bonds. The minimum atomic E-state index is 0.498. The van der Waals surface area contributed by atoms with E-state index in [0.717, 1.165) is 32.1 Å². The Morgan fingerprint density at radius 2 is 1.76 bits per heavy atom. The first-order valence-corrected chi connectivity index (χ1v) is 7.84. The van der Waals surface area contributed by atoms with Gasteiger partial charge in [-0.3, -0.25) is 9.89 Å². The summed E-state index contributed by atoms with van der Waals surface area (Å²) in [5, 5.41) is 6.75. The Hall–Kier alpha value is -1.55. The van der Waals surface area contributed by atoms with Crippen LogP contribution in [0.15, 0.2) is 29.3 Å². The van der Waals surface area contributed by atoms with Gasteiger partial charge in [0.05, 0.1) is 0 Å². The summed E-state index contributed by atoms with van der Waals surface area (Å²) in [5.74, 6) is 0.856. The first-order chi connectivity index (χ1) is 10.1. The largest absolute Gasteiger partial charge is 0.355 e. The van der Waals surface area contributed by atoms with E-state index < -0.39 is 0 Å². The molecule has 4 heteroatoms. The molecule has 0 aliphatic heterocycles. The van der Waals surface area contributed by atoms with E-state index in [4.69, 9.17) is 0 Å². The minimum absolute atomic E-state index is 0.498. The zero-order chi connectivity index (χ0) is 15.7. The maximum absolute atomic E-state index is 4.28. The molecular weight excluding hydrogens is 260 g/mol. The number of hydrogen-bond acceptors (Lipinski definition) is 2. The summed E-state index contributed by atoms with van der Waals surface area (Å²) in [6.45, 7) is 12.6. The first kappa shape index (κ1) is 17.5. The molecule has 0 fully saturated rings. The lowest BCUT2D eigenvalue weighted by Gasteiger charge is -2.27. The average molecular weight is 290 g/mol. The predicted molar refractivity (Wildman–Crippen MR) is 91.8 cm³/mol. The number of nitrogens with zero attached hydrogens (tertiary/aromatic N) is 2. The summed E-state index contributed by atoms with van der Waals surface area (Å²) < 4.78 is 0. The minimum Gasteiger partial charge on any atom is -0.355 e. The van der Waals surface area contributed by atoms with Gasteiger partial charge in [0.15, 0.2) is 5.96 Å². The molecule has 118 valence electrons. The summed E-state index contributed by atoms with van der Waals surface area (Å²) in [7, 11) is 1.81. The van der Waals surface area contributed by atoms with E-state index in [0.29, 0.717) is 6.04 Å². The fourth-order valence-corrected chi connectivity index (χ4v) is 2.33. The number of benzene rings is 1. The molecule has 1 aromatic rings. The first-order valence-electron chi connectivity index (χ1n) is 7.84. The lowest BCUT2D eigenvalue weighted by molar-refractivity contribution is 0.231. The third-order valence-electron chi connectivity index (χ3n) is 3.80. The van der Waals surface area contributed by atoms with Gasteiger partial charge in [-0.2, -0.15) is 0 Å². The van der Waals surface area contributed by atoms with Crippen LogP contribution in [0, 0.1) is 6.92 Å². The van der Waals surface area contributed by atoms with Crippen molar-refractivity contribution in [1.82, 2.24) is 15.5 Å². The summed E-state index contributed by atoms with van der Waals surface area (Å²) in [6.07, 6.45) is 0. The fourth-order valence-electron chi connectivity index (χ4n) is 2.33. The van der Waals surface area contributed by atoms with Crippen molar-refractivity contribution in [1.29, 1.82) is 0 Å². The highest BCUT2D eigenvalue weighted by atomic mass is 15.2. The Kier molecular flexibility index (Phi) is 7.83. The van der Waals surface area contributed by atoms with Crippen LogP contribution in [0.1, 0.15) is 31.9 Å². The van der Waals surface area contributed by atoms with Crippen LogP contribution in [0.5, 0.6) is 0 Å². The molecule has 0 aliphatic carbocycles. The van der Waals surface area contributed by atoms with Crippen LogP contribution in [0.3, 0.4) is 0 Å². The number of nitrogens with one attached hydrogen (secondary N) is 2. The molecule has 1 atom stereocenters. The number of hydrogen-bond donors (Lipinski definition) is 2. The van der Waals surface area contributed by atoms with Crippen LogP contribution in [0.4, 0.5) is 0 Å². The highest BCUT2D eigenvalue weighted by molar-refractivity contribution is 5.79. The number of aliphatic imine (C=N–C) groups is 1. The Morgan fingerprint density at radius 1 is 1.14 bits per heavy atom. The summed E-state index contributed by atoms with van der Waals surface area (Å²) >= 11 is 0. The fraction of sp³-hybridized carbons (Fsp3) is 0.588. The van der Waals surface area contributed by atoms with Gasteiger partial charge < -0.3 is 10.6 Å².